The molecule has 2 aromatic heterocycles. The molecular weight excluding hydrogens is 229 g/mol. The Morgan fingerprint density at radius 3 is 2.71 bits per heavy atom. The molecule has 0 aromatic carbocycles. The van der Waals surface area contributed by atoms with E-state index in [0.717, 1.165) is 5.52 Å². The van der Waals surface area contributed by atoms with Crippen LogP contribution in [0, 0.1) is 0 Å². The number of imidazole rings is 1. The number of aromatic carboxylic acids is 1. The maximum atomic E-state index is 10.5. The molecule has 5 nitrogen and oxygen atoms in total. The van der Waals surface area contributed by atoms with Gasteiger partial charge in [-0.2, -0.15) is 0 Å². The number of aromatic nitrogens is 3. The summed E-state index contributed by atoms with van der Waals surface area (Å²) in [5.74, 6) is -1.04. The van der Waals surface area contributed by atoms with E-state index in [1.54, 1.807) is 0 Å². The van der Waals surface area contributed by atoms with Gasteiger partial charge in [-0.1, -0.05) is 0 Å². The Balaban J connectivity index is 0.000000845. The number of fused-ring (bicyclic) bond motifs is 1. The molecule has 2 aromatic rings. The number of pyridine rings is 1. The van der Waals surface area contributed by atoms with Gasteiger partial charge >= 0.3 is 5.97 Å². The Hall–Kier alpha value is -1.33. The highest BCUT2D eigenvalue weighted by Crippen LogP contribution is 2.07. The highest BCUT2D eigenvalue weighted by Gasteiger charge is 2.05. The summed E-state index contributed by atoms with van der Waals surface area (Å²) in [4.78, 5) is 20.9. The molecule has 0 unspecified atom stereocenters. The van der Waals surface area contributed by atoms with E-state index in [1.165, 1.54) is 18.6 Å². The number of halogens is 2. The van der Waals surface area contributed by atoms with Crippen molar-refractivity contribution in [2.24, 2.45) is 0 Å². The summed E-state index contributed by atoms with van der Waals surface area (Å²) in [5.41, 5.74) is 1.36. The molecule has 0 amide bonds. The van der Waals surface area contributed by atoms with Crippen LogP contribution in [-0.4, -0.2) is 26.0 Å². The topological polar surface area (TPSA) is 78.9 Å². The summed E-state index contributed by atoms with van der Waals surface area (Å²) in [7, 11) is 0. The Kier molecular flexibility index (Phi) is 4.33. The van der Waals surface area contributed by atoms with Gasteiger partial charge in [-0.05, 0) is 6.07 Å². The number of H-pyrrole nitrogens is 1. The second-order valence-electron chi connectivity index (χ2n) is 2.29. The molecule has 0 radical (unpaired) electrons. The SMILES string of the molecule is Cl.Cl.O=C(O)c1cc2nc[nH]c2cn1. The van der Waals surface area contributed by atoms with Crippen LogP contribution in [0.5, 0.6) is 0 Å². The highest BCUT2D eigenvalue weighted by molar-refractivity contribution is 5.89. The van der Waals surface area contributed by atoms with Crippen molar-refractivity contribution in [3.8, 4) is 0 Å². The van der Waals surface area contributed by atoms with Gasteiger partial charge in [0.2, 0.25) is 0 Å². The van der Waals surface area contributed by atoms with E-state index >= 15 is 0 Å². The molecule has 0 atom stereocenters. The molecule has 0 fully saturated rings. The van der Waals surface area contributed by atoms with Crippen LogP contribution in [0.25, 0.3) is 11.0 Å². The molecule has 76 valence electrons. The van der Waals surface area contributed by atoms with E-state index in [4.69, 9.17) is 5.11 Å². The van der Waals surface area contributed by atoms with E-state index in [-0.39, 0.29) is 30.5 Å². The van der Waals surface area contributed by atoms with Crippen molar-refractivity contribution in [1.29, 1.82) is 0 Å². The minimum atomic E-state index is -1.04. The van der Waals surface area contributed by atoms with E-state index < -0.39 is 5.97 Å². The van der Waals surface area contributed by atoms with Gasteiger partial charge in [0.05, 0.1) is 23.6 Å². The lowest BCUT2D eigenvalue weighted by molar-refractivity contribution is 0.0690. The first-order valence-electron chi connectivity index (χ1n) is 3.30. The number of carbonyl (C=O) groups is 1. The van der Waals surface area contributed by atoms with Gasteiger partial charge in [-0.3, -0.25) is 0 Å². The number of hydrogen-bond acceptors (Lipinski definition) is 3. The van der Waals surface area contributed by atoms with Gasteiger partial charge < -0.3 is 10.1 Å². The van der Waals surface area contributed by atoms with Crippen LogP contribution in [0.4, 0.5) is 0 Å². The fourth-order valence-corrected chi connectivity index (χ4v) is 0.951. The van der Waals surface area contributed by atoms with Crippen LogP contribution in [0.2, 0.25) is 0 Å². The number of rotatable bonds is 1. The van der Waals surface area contributed by atoms with Gasteiger partial charge in [-0.15, -0.1) is 24.8 Å². The first-order valence-corrected chi connectivity index (χ1v) is 3.30. The Morgan fingerprint density at radius 2 is 2.07 bits per heavy atom. The highest BCUT2D eigenvalue weighted by atomic mass is 35.5. The van der Waals surface area contributed by atoms with Gasteiger partial charge in [0, 0.05) is 0 Å². The van der Waals surface area contributed by atoms with Crippen LogP contribution in [-0.2, 0) is 0 Å². The van der Waals surface area contributed by atoms with Crippen molar-refractivity contribution in [1.82, 2.24) is 15.0 Å². The van der Waals surface area contributed by atoms with Crippen molar-refractivity contribution in [3.05, 3.63) is 24.3 Å². The Bertz CT molecular complexity index is 443. The number of nitrogens with zero attached hydrogens (tertiary/aromatic N) is 2. The first-order chi connectivity index (χ1) is 5.77. The van der Waals surface area contributed by atoms with Crippen LogP contribution in [0.3, 0.4) is 0 Å². The summed E-state index contributed by atoms with van der Waals surface area (Å²) in [6, 6.07) is 1.42. The molecule has 0 saturated carbocycles. The number of hydrogen-bond donors (Lipinski definition) is 2. The van der Waals surface area contributed by atoms with Crippen molar-refractivity contribution < 1.29 is 9.90 Å². The third-order valence-electron chi connectivity index (χ3n) is 1.52. The van der Waals surface area contributed by atoms with E-state index in [0.29, 0.717) is 5.52 Å². The van der Waals surface area contributed by atoms with E-state index in [9.17, 15) is 4.79 Å². The zero-order valence-corrected chi connectivity index (χ0v) is 8.43. The van der Waals surface area contributed by atoms with Crippen LogP contribution < -0.4 is 0 Å². The van der Waals surface area contributed by atoms with Crippen LogP contribution in [0.1, 0.15) is 10.5 Å². The lowest BCUT2D eigenvalue weighted by Gasteiger charge is -1.91. The third kappa shape index (κ3) is 2.12. The monoisotopic (exact) mass is 235 g/mol. The summed E-state index contributed by atoms with van der Waals surface area (Å²) in [5, 5.41) is 8.58. The quantitative estimate of drug-likeness (QED) is 0.786. The fraction of sp³-hybridized carbons (Fsp3) is 0. The van der Waals surface area contributed by atoms with Crippen molar-refractivity contribution in [2.75, 3.05) is 0 Å². The maximum absolute atomic E-state index is 10.5. The smallest absolute Gasteiger partial charge is 0.354 e. The summed E-state index contributed by atoms with van der Waals surface area (Å²) >= 11 is 0. The number of aromatic amines is 1. The fourth-order valence-electron chi connectivity index (χ4n) is 0.951. The second kappa shape index (κ2) is 4.78. The molecule has 0 spiro atoms. The number of carboxylic acids is 1. The zero-order valence-electron chi connectivity index (χ0n) is 6.80. The predicted octanol–water partition coefficient (Wildman–Crippen LogP) is 1.50. The van der Waals surface area contributed by atoms with Gasteiger partial charge in [0.25, 0.3) is 0 Å². The molecule has 2 rings (SSSR count). The van der Waals surface area contributed by atoms with Gasteiger partial charge in [-0.25, -0.2) is 14.8 Å². The summed E-state index contributed by atoms with van der Waals surface area (Å²) < 4.78 is 0. The molecule has 0 saturated heterocycles. The second-order valence-corrected chi connectivity index (χ2v) is 2.29. The van der Waals surface area contributed by atoms with Gasteiger partial charge in [0.15, 0.2) is 0 Å². The molecule has 0 aliphatic rings. The van der Waals surface area contributed by atoms with Crippen LogP contribution in [0.15, 0.2) is 18.6 Å². The Labute approximate surface area is 91.4 Å². The lowest BCUT2D eigenvalue weighted by atomic mass is 10.3. The van der Waals surface area contributed by atoms with Crippen LogP contribution >= 0.6 is 24.8 Å². The largest absolute Gasteiger partial charge is 0.477 e. The van der Waals surface area contributed by atoms with Crippen molar-refractivity contribution in [2.45, 2.75) is 0 Å². The number of nitrogens with one attached hydrogen (secondary N) is 1. The average Bonchev–Trinajstić information content (AvgIpc) is 2.49. The minimum absolute atomic E-state index is 0. The normalized spacial score (nSPS) is 8.86. The lowest BCUT2D eigenvalue weighted by Crippen LogP contribution is -1.98. The van der Waals surface area contributed by atoms with E-state index in [2.05, 4.69) is 15.0 Å². The molecule has 2 heterocycles. The Morgan fingerprint density at radius 1 is 1.36 bits per heavy atom. The predicted molar refractivity (Wildman–Crippen MR) is 55.3 cm³/mol. The zero-order chi connectivity index (χ0) is 8.55. The van der Waals surface area contributed by atoms with Crippen molar-refractivity contribution in [3.63, 3.8) is 0 Å². The maximum Gasteiger partial charge on any atom is 0.354 e. The summed E-state index contributed by atoms with van der Waals surface area (Å²) in [6.45, 7) is 0. The van der Waals surface area contributed by atoms with E-state index in [1.807, 2.05) is 0 Å². The molecule has 0 aliphatic heterocycles. The molecular formula is C7H7Cl2N3O2. The number of carboxylic acid groups (broad SMARTS) is 1. The van der Waals surface area contributed by atoms with Crippen molar-refractivity contribution >= 4 is 41.8 Å². The van der Waals surface area contributed by atoms with Gasteiger partial charge in [0.1, 0.15) is 5.69 Å². The molecule has 14 heavy (non-hydrogen) atoms. The average molecular weight is 236 g/mol. The molecule has 0 aliphatic carbocycles. The standard InChI is InChI=1S/C7H5N3O2.2ClH/c11-7(12)5-1-4-6(2-8-5)10-3-9-4;;/h1-3H,(H,9,10)(H,11,12);2*1H. The third-order valence-corrected chi connectivity index (χ3v) is 1.52. The first kappa shape index (κ1) is 12.7. The summed E-state index contributed by atoms with van der Waals surface area (Å²) in [6.07, 6.45) is 2.95. The molecule has 7 heteroatoms. The minimum Gasteiger partial charge on any atom is -0.477 e. The molecule has 2 N–H and O–H groups in total. The molecule has 0 bridgehead atoms.